The van der Waals surface area contributed by atoms with Gasteiger partial charge in [-0.2, -0.15) is 0 Å². The van der Waals surface area contributed by atoms with Crippen molar-refractivity contribution in [3.05, 3.63) is 27.8 Å². The lowest BCUT2D eigenvalue weighted by atomic mass is 9.79. The molecule has 0 radical (unpaired) electrons. The molecule has 0 aliphatic heterocycles. The maximum atomic E-state index is 3.85. The average molecular weight is 353 g/mol. The summed E-state index contributed by atoms with van der Waals surface area (Å²) in [5, 5.41) is 3.85. The monoisotopic (exact) mass is 353 g/mol. The van der Waals surface area contributed by atoms with Crippen LogP contribution in [0.3, 0.4) is 0 Å². The van der Waals surface area contributed by atoms with Gasteiger partial charge in [0.15, 0.2) is 0 Å². The first kappa shape index (κ1) is 11.6. The number of halogens is 1. The lowest BCUT2D eigenvalue weighted by Gasteiger charge is -2.33. The first-order valence-corrected chi connectivity index (χ1v) is 8.42. The van der Waals surface area contributed by atoms with E-state index in [0.29, 0.717) is 0 Å². The molecule has 3 aliphatic rings. The predicted molar refractivity (Wildman–Crippen MR) is 83.6 cm³/mol. The fraction of sp³-hybridized carbons (Fsp3) is 0.625. The summed E-state index contributed by atoms with van der Waals surface area (Å²) >= 11 is 2.45. The molecule has 1 aromatic rings. The summed E-state index contributed by atoms with van der Waals surface area (Å²) in [6.45, 7) is 0. The van der Waals surface area contributed by atoms with Crippen molar-refractivity contribution in [2.24, 2.45) is 23.7 Å². The number of hydrogen-bond donors (Lipinski definition) is 1. The molecule has 3 saturated carbocycles. The first-order chi connectivity index (χ1) is 8.83. The van der Waals surface area contributed by atoms with E-state index in [1.807, 2.05) is 0 Å². The van der Waals surface area contributed by atoms with Crippen LogP contribution in [-0.4, -0.2) is 6.04 Å². The molecule has 3 fully saturated rings. The molecule has 1 aromatic carbocycles. The number of hydrogen-bond acceptors (Lipinski definition) is 1. The van der Waals surface area contributed by atoms with Gasteiger partial charge in [-0.3, -0.25) is 0 Å². The zero-order valence-electron chi connectivity index (χ0n) is 10.6. The molecule has 3 aliphatic carbocycles. The number of nitrogens with one attached hydrogen (secondary N) is 1. The van der Waals surface area contributed by atoms with Crippen molar-refractivity contribution >= 4 is 28.3 Å². The molecular weight excluding hydrogens is 333 g/mol. The molecule has 5 unspecified atom stereocenters. The van der Waals surface area contributed by atoms with Crippen LogP contribution in [-0.2, 0) is 0 Å². The van der Waals surface area contributed by atoms with Crippen molar-refractivity contribution in [3.8, 4) is 0 Å². The molecule has 1 N–H and O–H groups in total. The van der Waals surface area contributed by atoms with Crippen LogP contribution in [0.25, 0.3) is 0 Å². The second kappa shape index (κ2) is 4.39. The third-order valence-electron chi connectivity index (χ3n) is 5.64. The highest BCUT2D eigenvalue weighted by molar-refractivity contribution is 14.1. The Hall–Kier alpha value is -0.250. The number of rotatable bonds is 2. The van der Waals surface area contributed by atoms with Gasteiger partial charge in [0.1, 0.15) is 0 Å². The van der Waals surface area contributed by atoms with E-state index in [-0.39, 0.29) is 0 Å². The number of para-hydroxylation sites is 1. The zero-order valence-corrected chi connectivity index (χ0v) is 12.8. The lowest BCUT2D eigenvalue weighted by molar-refractivity contribution is 0.243. The van der Waals surface area contributed by atoms with E-state index in [2.05, 4.69) is 52.2 Å². The molecule has 0 heterocycles. The second-order valence-electron chi connectivity index (χ2n) is 6.38. The molecule has 1 nitrogen and oxygen atoms in total. The van der Waals surface area contributed by atoms with Gasteiger partial charge < -0.3 is 5.32 Å². The summed E-state index contributed by atoms with van der Waals surface area (Å²) in [6.07, 6.45) is 7.47. The Morgan fingerprint density at radius 1 is 1.00 bits per heavy atom. The van der Waals surface area contributed by atoms with Gasteiger partial charge in [0, 0.05) is 15.3 Å². The minimum absolute atomic E-state index is 0.755. The van der Waals surface area contributed by atoms with Crippen molar-refractivity contribution in [1.82, 2.24) is 0 Å². The summed E-state index contributed by atoms with van der Waals surface area (Å²) in [7, 11) is 0. The van der Waals surface area contributed by atoms with E-state index in [4.69, 9.17) is 0 Å². The molecule has 2 heteroatoms. The molecule has 0 aromatic heterocycles. The van der Waals surface area contributed by atoms with Gasteiger partial charge in [0.25, 0.3) is 0 Å². The van der Waals surface area contributed by atoms with Gasteiger partial charge in [-0.1, -0.05) is 18.6 Å². The minimum atomic E-state index is 0.755. The van der Waals surface area contributed by atoms with Crippen LogP contribution in [0.4, 0.5) is 5.69 Å². The van der Waals surface area contributed by atoms with E-state index in [1.54, 1.807) is 0 Å². The van der Waals surface area contributed by atoms with E-state index >= 15 is 0 Å². The Labute approximate surface area is 123 Å². The van der Waals surface area contributed by atoms with Crippen molar-refractivity contribution in [3.63, 3.8) is 0 Å². The first-order valence-electron chi connectivity index (χ1n) is 7.34. The molecule has 5 atom stereocenters. The molecule has 4 rings (SSSR count). The van der Waals surface area contributed by atoms with Gasteiger partial charge in [-0.25, -0.2) is 0 Å². The van der Waals surface area contributed by atoms with Crippen LogP contribution < -0.4 is 5.32 Å². The fourth-order valence-corrected chi connectivity index (χ4v) is 5.56. The molecule has 0 spiro atoms. The molecular formula is C16H20IN. The van der Waals surface area contributed by atoms with Gasteiger partial charge in [0.05, 0.1) is 0 Å². The molecule has 2 bridgehead atoms. The Kier molecular flexibility index (Phi) is 2.82. The van der Waals surface area contributed by atoms with Crippen LogP contribution in [0.2, 0.25) is 0 Å². The summed E-state index contributed by atoms with van der Waals surface area (Å²) in [5.41, 5.74) is 1.35. The van der Waals surface area contributed by atoms with E-state index in [9.17, 15) is 0 Å². The highest BCUT2D eigenvalue weighted by Crippen LogP contribution is 2.59. The summed E-state index contributed by atoms with van der Waals surface area (Å²) < 4.78 is 1.36. The van der Waals surface area contributed by atoms with Crippen molar-refractivity contribution in [1.29, 1.82) is 0 Å². The summed E-state index contributed by atoms with van der Waals surface area (Å²) in [4.78, 5) is 0. The molecule has 0 amide bonds. The van der Waals surface area contributed by atoms with Crippen LogP contribution in [0.5, 0.6) is 0 Å². The SMILES string of the molecule is Ic1ccccc1NC1CC2CC1C1CCCC21. The third kappa shape index (κ3) is 1.71. The molecule has 18 heavy (non-hydrogen) atoms. The van der Waals surface area contributed by atoms with Crippen LogP contribution in [0.15, 0.2) is 24.3 Å². The van der Waals surface area contributed by atoms with Crippen molar-refractivity contribution < 1.29 is 0 Å². The van der Waals surface area contributed by atoms with Crippen LogP contribution in [0.1, 0.15) is 32.1 Å². The maximum Gasteiger partial charge on any atom is 0.0478 e. The largest absolute Gasteiger partial charge is 0.381 e. The number of benzene rings is 1. The third-order valence-corrected chi connectivity index (χ3v) is 6.58. The smallest absolute Gasteiger partial charge is 0.0478 e. The quantitative estimate of drug-likeness (QED) is 0.771. The van der Waals surface area contributed by atoms with Crippen LogP contribution in [0, 0.1) is 27.2 Å². The highest BCUT2D eigenvalue weighted by atomic mass is 127. The Morgan fingerprint density at radius 3 is 2.72 bits per heavy atom. The summed E-state index contributed by atoms with van der Waals surface area (Å²) in [6, 6.07) is 9.47. The maximum absolute atomic E-state index is 3.85. The van der Waals surface area contributed by atoms with E-state index in [1.165, 1.54) is 41.4 Å². The Bertz CT molecular complexity index is 458. The molecule has 0 saturated heterocycles. The van der Waals surface area contributed by atoms with Gasteiger partial charge in [-0.15, -0.1) is 0 Å². The van der Waals surface area contributed by atoms with Gasteiger partial charge in [-0.05, 0) is 84.1 Å². The Balaban J connectivity index is 1.53. The van der Waals surface area contributed by atoms with Crippen molar-refractivity contribution in [2.75, 3.05) is 5.32 Å². The normalized spacial score (nSPS) is 41.1. The van der Waals surface area contributed by atoms with Gasteiger partial charge >= 0.3 is 0 Å². The van der Waals surface area contributed by atoms with Gasteiger partial charge in [0.2, 0.25) is 0 Å². The lowest BCUT2D eigenvalue weighted by Crippen LogP contribution is -2.34. The fourth-order valence-electron chi connectivity index (χ4n) is 5.01. The van der Waals surface area contributed by atoms with E-state index < -0.39 is 0 Å². The average Bonchev–Trinajstić information content (AvgIpc) is 3.03. The predicted octanol–water partition coefficient (Wildman–Crippen LogP) is 4.53. The summed E-state index contributed by atoms with van der Waals surface area (Å²) in [5.74, 6) is 4.17. The topological polar surface area (TPSA) is 12.0 Å². The standard InChI is InChI=1S/C16H20IN/c17-14-6-1-2-7-15(14)18-16-9-10-8-13(16)12-5-3-4-11(10)12/h1-2,6-7,10-13,16,18H,3-5,8-9H2. The zero-order chi connectivity index (χ0) is 12.1. The number of anilines is 1. The highest BCUT2D eigenvalue weighted by Gasteiger charge is 2.53. The van der Waals surface area contributed by atoms with E-state index in [0.717, 1.165) is 29.7 Å². The van der Waals surface area contributed by atoms with Crippen molar-refractivity contribution in [2.45, 2.75) is 38.1 Å². The van der Waals surface area contributed by atoms with Crippen LogP contribution >= 0.6 is 22.6 Å². The number of fused-ring (bicyclic) bond motifs is 5. The Morgan fingerprint density at radius 2 is 1.83 bits per heavy atom. The minimum Gasteiger partial charge on any atom is -0.381 e. The molecule has 96 valence electrons. The second-order valence-corrected chi connectivity index (χ2v) is 7.55.